The quantitative estimate of drug-likeness (QED) is 0.293. The number of hydrogen-bond acceptors (Lipinski definition) is 0. The zero-order valence-corrected chi connectivity index (χ0v) is 19.0. The van der Waals surface area contributed by atoms with Gasteiger partial charge in [-0.2, -0.15) is 0 Å². The first-order valence-electron chi connectivity index (χ1n) is 10.5. The Balaban J connectivity index is 1.24. The van der Waals surface area contributed by atoms with Gasteiger partial charge in [-0.25, -0.2) is 0 Å². The average Bonchev–Trinajstić information content (AvgIpc) is 3.65. The number of hydrogen-bond donors (Lipinski definition) is 0. The molecule has 9 unspecified atom stereocenters. The summed E-state index contributed by atoms with van der Waals surface area (Å²) in [5.74, 6) is 0. The van der Waals surface area contributed by atoms with Crippen molar-refractivity contribution < 1.29 is 6.51 Å². The van der Waals surface area contributed by atoms with Crippen LogP contribution in [0.5, 0.6) is 0 Å². The van der Waals surface area contributed by atoms with Gasteiger partial charge >= 0.3 is 167 Å². The molecule has 10 aliphatic heterocycles. The molecule has 2 aromatic rings. The standard InChI is InChI=1S/2C12H10Br.Fe/c2*13-12-8-4-7-11(12)9-10-5-2-1-3-6-10;/h2*1-8H,9H2;. The van der Waals surface area contributed by atoms with Gasteiger partial charge in [-0.1, -0.05) is 0 Å². The molecule has 10 fully saturated rings. The van der Waals surface area contributed by atoms with Gasteiger partial charge in [0.25, 0.3) is 0 Å². The molecule has 0 aliphatic carbocycles. The monoisotopic (exact) mass is 522 g/mol. The van der Waals surface area contributed by atoms with Crippen molar-refractivity contribution in [2.24, 2.45) is 0 Å². The number of rotatable bonds is 4. The summed E-state index contributed by atoms with van der Waals surface area (Å²) in [4.78, 5) is 7.35. The van der Waals surface area contributed by atoms with E-state index in [1.165, 1.54) is 41.7 Å². The Morgan fingerprint density at radius 1 is 0.630 bits per heavy atom. The van der Waals surface area contributed by atoms with E-state index in [0.29, 0.717) is 6.45 Å². The third kappa shape index (κ3) is 0.189. The summed E-state index contributed by atoms with van der Waals surface area (Å²) in [6, 6.07) is 23.1. The van der Waals surface area contributed by atoms with Crippen molar-refractivity contribution in [3.63, 3.8) is 0 Å². The molecular formula is C24H20Br2Fe. The molecule has 1 spiro atoms. The van der Waals surface area contributed by atoms with Gasteiger partial charge in [0, 0.05) is 0 Å². The Kier molecular flexibility index (Phi) is 0.681. The van der Waals surface area contributed by atoms with Crippen molar-refractivity contribution in [2.45, 2.75) is 56.8 Å². The van der Waals surface area contributed by atoms with Crippen molar-refractivity contribution in [1.82, 2.24) is 0 Å². The molecule has 138 valence electrons. The Bertz CT molecular complexity index is 1560. The van der Waals surface area contributed by atoms with Gasteiger partial charge in [-0.15, -0.1) is 0 Å². The van der Waals surface area contributed by atoms with Crippen LogP contribution in [0.3, 0.4) is 0 Å². The molecule has 10 saturated heterocycles. The van der Waals surface area contributed by atoms with Crippen LogP contribution in [0.4, 0.5) is 0 Å². The molecule has 0 radical (unpaired) electrons. The second-order valence-corrected chi connectivity index (χ2v) is 40.0. The fraction of sp³-hybridized carbons (Fsp3) is 0.500. The number of benzene rings is 2. The number of halogens is 2. The van der Waals surface area contributed by atoms with Crippen LogP contribution in [0.1, 0.15) is 11.1 Å². The summed E-state index contributed by atoms with van der Waals surface area (Å²) in [5, 5.41) is 0. The molecule has 10 heterocycles. The fourth-order valence-electron chi connectivity index (χ4n) is 20.3. The van der Waals surface area contributed by atoms with Crippen LogP contribution in [-0.4, -0.2) is 6.45 Å². The van der Waals surface area contributed by atoms with Crippen molar-refractivity contribution in [3.8, 4) is 0 Å². The van der Waals surface area contributed by atoms with Crippen LogP contribution in [-0.2, 0) is 19.4 Å². The van der Waals surface area contributed by atoms with E-state index in [0.717, 1.165) is 8.63 Å². The van der Waals surface area contributed by atoms with E-state index >= 15 is 0 Å². The molecular weight excluding hydrogens is 504 g/mol. The van der Waals surface area contributed by atoms with Crippen LogP contribution in [0, 0.1) is 0 Å². The molecule has 3 heteroatoms. The summed E-state index contributed by atoms with van der Waals surface area (Å²) in [6.07, 6.45) is 2.83. The summed E-state index contributed by atoms with van der Waals surface area (Å²) < 4.78 is 2.85. The second-order valence-electron chi connectivity index (χ2n) is 13.4. The first-order valence-corrected chi connectivity index (χ1v) is 18.2. The summed E-state index contributed by atoms with van der Waals surface area (Å²) >= 11 is 9.40. The molecule has 0 nitrogen and oxygen atoms in total. The molecule has 0 N–H and O–H groups in total. The van der Waals surface area contributed by atoms with E-state index in [4.69, 9.17) is 31.9 Å². The zero-order valence-electron chi connectivity index (χ0n) is 14.8. The fourth-order valence-corrected chi connectivity index (χ4v) is 125. The molecule has 27 heavy (non-hydrogen) atoms. The van der Waals surface area contributed by atoms with Gasteiger partial charge in [0.05, 0.1) is 0 Å². The van der Waals surface area contributed by atoms with Crippen molar-refractivity contribution in [3.05, 3.63) is 71.8 Å². The SMILES string of the molecule is Br[C]12[CH]3[CH]4[CH]5[C]1(Cc1ccccc1)[Fe]43521678[CH]2[CH]1[C]6(Cc1ccccc1)[C@]7(Br)[CH]28. The first-order chi connectivity index (χ1) is 12.9. The van der Waals surface area contributed by atoms with Gasteiger partial charge < -0.3 is 0 Å². The molecule has 10 atom stereocenters. The van der Waals surface area contributed by atoms with E-state index in [2.05, 4.69) is 60.7 Å². The predicted molar refractivity (Wildman–Crippen MR) is 111 cm³/mol. The minimum absolute atomic E-state index is 0.665. The van der Waals surface area contributed by atoms with Gasteiger partial charge in [-0.05, 0) is 0 Å². The van der Waals surface area contributed by atoms with Crippen LogP contribution in [0.2, 0.25) is 37.5 Å². The average molecular weight is 524 g/mol. The zero-order chi connectivity index (χ0) is 17.4. The third-order valence-electron chi connectivity index (χ3n) is 18.0. The van der Waals surface area contributed by atoms with Crippen LogP contribution in [0.25, 0.3) is 0 Å². The topological polar surface area (TPSA) is 0 Å². The number of fused-ring (bicyclic) bond motifs is 10. The van der Waals surface area contributed by atoms with Gasteiger partial charge in [-0.3, -0.25) is 0 Å². The van der Waals surface area contributed by atoms with Crippen LogP contribution < -0.4 is 0 Å². The Morgan fingerprint density at radius 2 is 1.04 bits per heavy atom. The van der Waals surface area contributed by atoms with Crippen molar-refractivity contribution in [1.29, 1.82) is 0 Å². The second kappa shape index (κ2) is 1.46. The Hall–Kier alpha value is -0.0805. The summed E-state index contributed by atoms with van der Waals surface area (Å²) in [5.41, 5.74) is 3.27. The van der Waals surface area contributed by atoms with E-state index in [1.54, 1.807) is 11.1 Å². The Morgan fingerprint density at radius 3 is 1.33 bits per heavy atom. The predicted octanol–water partition coefficient (Wildman–Crippen LogP) is 7.21. The summed E-state index contributed by atoms with van der Waals surface area (Å²) in [6.45, 7) is -3.71. The van der Waals surface area contributed by atoms with E-state index in [1.807, 2.05) is 0 Å². The minimum atomic E-state index is -3.71. The van der Waals surface area contributed by atoms with Crippen LogP contribution in [0.15, 0.2) is 60.7 Å². The van der Waals surface area contributed by atoms with Gasteiger partial charge in [0.1, 0.15) is 0 Å². The van der Waals surface area contributed by atoms with E-state index in [9.17, 15) is 0 Å². The maximum absolute atomic E-state index is 4.70. The first kappa shape index (κ1) is 12.6. The molecule has 0 bridgehead atoms. The van der Waals surface area contributed by atoms with Crippen molar-refractivity contribution >= 4 is 31.9 Å². The Labute approximate surface area is 166 Å². The van der Waals surface area contributed by atoms with Crippen LogP contribution >= 0.6 is 31.9 Å². The molecule has 0 aromatic heterocycles. The molecule has 0 saturated carbocycles. The third-order valence-corrected chi connectivity index (χ3v) is 76.9. The van der Waals surface area contributed by atoms with Gasteiger partial charge in [0.15, 0.2) is 0 Å². The molecule has 10 aliphatic rings. The van der Waals surface area contributed by atoms with E-state index in [-0.39, 0.29) is 0 Å². The van der Waals surface area contributed by atoms with E-state index < -0.39 is 6.51 Å². The van der Waals surface area contributed by atoms with Gasteiger partial charge in [0.2, 0.25) is 0 Å². The molecule has 12 rings (SSSR count). The maximum atomic E-state index is 4.70. The molecule has 2 aromatic carbocycles. The molecule has 0 amide bonds. The number of alkyl halides is 2. The summed E-state index contributed by atoms with van der Waals surface area (Å²) in [7, 11) is 0. The van der Waals surface area contributed by atoms with Crippen molar-refractivity contribution in [2.75, 3.05) is 0 Å². The normalized spacial score (nSPS) is 87.5.